The Morgan fingerprint density at radius 3 is 2.62 bits per heavy atom. The molecule has 2 aliphatic rings. The van der Waals surface area contributed by atoms with Gasteiger partial charge in [0.05, 0.1) is 25.9 Å². The van der Waals surface area contributed by atoms with Crippen molar-refractivity contribution in [3.8, 4) is 0 Å². The second-order valence-corrected chi connectivity index (χ2v) is 5.77. The average molecular weight is 412 g/mol. The van der Waals surface area contributed by atoms with Crippen LogP contribution in [0, 0.1) is 0 Å². The Labute approximate surface area is 144 Å². The molecule has 1 atom stereocenters. The van der Waals surface area contributed by atoms with Crippen molar-refractivity contribution in [3.05, 3.63) is 0 Å². The number of aliphatic hydroxyl groups excluding tert-OH is 1. The molecule has 1 saturated carbocycles. The Kier molecular flexibility index (Phi) is 9.54. The predicted octanol–water partition coefficient (Wildman–Crippen LogP) is 0.534. The van der Waals surface area contributed by atoms with Crippen LogP contribution in [-0.4, -0.2) is 67.5 Å². The highest BCUT2D eigenvalue weighted by Crippen LogP contribution is 2.16. The number of hydrogen-bond donors (Lipinski definition) is 3. The van der Waals surface area contributed by atoms with Gasteiger partial charge in [-0.05, 0) is 12.8 Å². The van der Waals surface area contributed by atoms with Crippen molar-refractivity contribution in [2.24, 2.45) is 10.7 Å². The number of nitrogens with one attached hydrogen (secondary N) is 1. The first-order valence-electron chi connectivity index (χ1n) is 7.78. The van der Waals surface area contributed by atoms with Crippen LogP contribution >= 0.6 is 24.0 Å². The van der Waals surface area contributed by atoms with Crippen molar-refractivity contribution >= 4 is 29.9 Å². The molecule has 0 amide bonds. The largest absolute Gasteiger partial charge is 0.390 e. The summed E-state index contributed by atoms with van der Waals surface area (Å²) in [5.74, 6) is 0.470. The zero-order valence-corrected chi connectivity index (χ0v) is 15.0. The van der Waals surface area contributed by atoms with E-state index in [1.165, 1.54) is 32.1 Å². The number of rotatable bonds is 5. The minimum absolute atomic E-state index is 0. The number of hydrogen-bond acceptors (Lipinski definition) is 4. The SMILES string of the molecule is I.NC(=NCC(O)CN1CCOCC1)NC1CCCCC1. The third kappa shape index (κ3) is 7.62. The normalized spacial score (nSPS) is 23.4. The van der Waals surface area contributed by atoms with Gasteiger partial charge in [0.1, 0.15) is 0 Å². The van der Waals surface area contributed by atoms with Gasteiger partial charge in [0.2, 0.25) is 0 Å². The lowest BCUT2D eigenvalue weighted by molar-refractivity contribution is 0.0165. The van der Waals surface area contributed by atoms with Gasteiger partial charge in [-0.2, -0.15) is 0 Å². The summed E-state index contributed by atoms with van der Waals surface area (Å²) in [6.45, 7) is 4.28. The molecule has 124 valence electrons. The summed E-state index contributed by atoms with van der Waals surface area (Å²) in [7, 11) is 0. The second kappa shape index (κ2) is 10.6. The van der Waals surface area contributed by atoms with Crippen LogP contribution < -0.4 is 11.1 Å². The summed E-state index contributed by atoms with van der Waals surface area (Å²) in [5.41, 5.74) is 5.88. The molecule has 2 rings (SSSR count). The van der Waals surface area contributed by atoms with Gasteiger partial charge in [0.15, 0.2) is 5.96 Å². The van der Waals surface area contributed by atoms with E-state index in [-0.39, 0.29) is 24.0 Å². The topological polar surface area (TPSA) is 83.1 Å². The second-order valence-electron chi connectivity index (χ2n) is 5.77. The molecule has 0 bridgehead atoms. The lowest BCUT2D eigenvalue weighted by atomic mass is 9.96. The highest BCUT2D eigenvalue weighted by molar-refractivity contribution is 14.0. The summed E-state index contributed by atoms with van der Waals surface area (Å²) >= 11 is 0. The van der Waals surface area contributed by atoms with Gasteiger partial charge in [0.25, 0.3) is 0 Å². The number of ether oxygens (including phenoxy) is 1. The van der Waals surface area contributed by atoms with Gasteiger partial charge < -0.3 is 20.9 Å². The van der Waals surface area contributed by atoms with Gasteiger partial charge in [-0.1, -0.05) is 19.3 Å². The van der Waals surface area contributed by atoms with E-state index in [4.69, 9.17) is 10.5 Å². The summed E-state index contributed by atoms with van der Waals surface area (Å²) in [6.07, 6.45) is 5.75. The molecule has 1 aliphatic heterocycles. The molecule has 7 heteroatoms. The average Bonchev–Trinajstić information content (AvgIpc) is 2.47. The van der Waals surface area contributed by atoms with Crippen LogP contribution in [0.25, 0.3) is 0 Å². The molecule has 0 aromatic carbocycles. The van der Waals surface area contributed by atoms with E-state index in [1.54, 1.807) is 0 Å². The molecule has 21 heavy (non-hydrogen) atoms. The predicted molar refractivity (Wildman–Crippen MR) is 95.2 cm³/mol. The van der Waals surface area contributed by atoms with E-state index in [2.05, 4.69) is 15.2 Å². The third-order valence-corrected chi connectivity index (χ3v) is 4.00. The Hall–Kier alpha value is -0.120. The van der Waals surface area contributed by atoms with E-state index in [9.17, 15) is 5.11 Å². The minimum atomic E-state index is -0.459. The van der Waals surface area contributed by atoms with Gasteiger partial charge in [0, 0.05) is 25.7 Å². The standard InChI is InChI=1S/C14H28N4O2.HI/c15-14(17-12-4-2-1-3-5-12)16-10-13(19)11-18-6-8-20-9-7-18;/h12-13,19H,1-11H2,(H3,15,16,17);1H. The van der Waals surface area contributed by atoms with Crippen molar-refractivity contribution in [3.63, 3.8) is 0 Å². The highest BCUT2D eigenvalue weighted by Gasteiger charge is 2.16. The highest BCUT2D eigenvalue weighted by atomic mass is 127. The Morgan fingerprint density at radius 2 is 1.95 bits per heavy atom. The quantitative estimate of drug-likeness (QED) is 0.349. The Morgan fingerprint density at radius 1 is 1.29 bits per heavy atom. The molecule has 1 heterocycles. The maximum absolute atomic E-state index is 9.98. The molecule has 1 unspecified atom stereocenters. The van der Waals surface area contributed by atoms with Crippen LogP contribution in [0.3, 0.4) is 0 Å². The maximum Gasteiger partial charge on any atom is 0.188 e. The van der Waals surface area contributed by atoms with Crippen LogP contribution in [0.5, 0.6) is 0 Å². The first-order chi connectivity index (χ1) is 9.74. The van der Waals surface area contributed by atoms with Gasteiger partial charge in [-0.15, -0.1) is 24.0 Å². The van der Waals surface area contributed by atoms with Gasteiger partial charge >= 0.3 is 0 Å². The fourth-order valence-electron chi connectivity index (χ4n) is 2.84. The Balaban J connectivity index is 0.00000220. The number of β-amino-alcohol motifs (C(OH)–C–C–N with tert-alkyl or cyclic N) is 1. The molecular weight excluding hydrogens is 383 g/mol. The molecule has 0 aromatic rings. The molecule has 2 fully saturated rings. The number of nitrogens with zero attached hydrogens (tertiary/aromatic N) is 2. The lowest BCUT2D eigenvalue weighted by Gasteiger charge is -2.28. The van der Waals surface area contributed by atoms with Crippen molar-refractivity contribution in [1.29, 1.82) is 0 Å². The van der Waals surface area contributed by atoms with Gasteiger partial charge in [-0.25, -0.2) is 0 Å². The summed E-state index contributed by atoms with van der Waals surface area (Å²) in [5, 5.41) is 13.2. The van der Waals surface area contributed by atoms with E-state index >= 15 is 0 Å². The van der Waals surface area contributed by atoms with Crippen molar-refractivity contribution in [2.75, 3.05) is 39.4 Å². The first-order valence-corrected chi connectivity index (χ1v) is 7.78. The molecule has 0 spiro atoms. The molecular formula is C14H29IN4O2. The van der Waals surface area contributed by atoms with E-state index < -0.39 is 6.10 Å². The number of morpholine rings is 1. The van der Waals surface area contributed by atoms with Crippen LogP contribution in [0.1, 0.15) is 32.1 Å². The van der Waals surface area contributed by atoms with Crippen molar-refractivity contribution in [2.45, 2.75) is 44.2 Å². The van der Waals surface area contributed by atoms with Crippen molar-refractivity contribution in [1.82, 2.24) is 10.2 Å². The van der Waals surface area contributed by atoms with Crippen LogP contribution in [0.15, 0.2) is 4.99 Å². The van der Waals surface area contributed by atoms with E-state index in [0.29, 0.717) is 25.1 Å². The van der Waals surface area contributed by atoms with Gasteiger partial charge in [-0.3, -0.25) is 9.89 Å². The molecule has 1 aliphatic carbocycles. The zero-order valence-electron chi connectivity index (χ0n) is 12.7. The fraction of sp³-hybridized carbons (Fsp3) is 0.929. The number of nitrogens with two attached hydrogens (primary N) is 1. The maximum atomic E-state index is 9.98. The monoisotopic (exact) mass is 412 g/mol. The van der Waals surface area contributed by atoms with E-state index in [1.807, 2.05) is 0 Å². The number of aliphatic hydroxyl groups is 1. The molecule has 1 saturated heterocycles. The molecule has 6 nitrogen and oxygen atoms in total. The fourth-order valence-corrected chi connectivity index (χ4v) is 2.84. The summed E-state index contributed by atoms with van der Waals surface area (Å²) in [6, 6.07) is 0.462. The van der Waals surface area contributed by atoms with Crippen LogP contribution in [-0.2, 0) is 4.74 Å². The van der Waals surface area contributed by atoms with Crippen LogP contribution in [0.2, 0.25) is 0 Å². The molecule has 4 N–H and O–H groups in total. The summed E-state index contributed by atoms with van der Waals surface area (Å²) in [4.78, 5) is 6.46. The van der Waals surface area contributed by atoms with E-state index in [0.717, 1.165) is 26.3 Å². The third-order valence-electron chi connectivity index (χ3n) is 4.00. The molecule has 0 radical (unpaired) electrons. The lowest BCUT2D eigenvalue weighted by Crippen LogP contribution is -2.43. The Bertz CT molecular complexity index is 305. The summed E-state index contributed by atoms with van der Waals surface area (Å²) < 4.78 is 5.28. The number of halogens is 1. The zero-order chi connectivity index (χ0) is 14.2. The minimum Gasteiger partial charge on any atom is -0.390 e. The van der Waals surface area contributed by atoms with Crippen LogP contribution in [0.4, 0.5) is 0 Å². The van der Waals surface area contributed by atoms with Crippen molar-refractivity contribution < 1.29 is 9.84 Å². The molecule has 0 aromatic heterocycles. The number of aliphatic imine (C=N–C) groups is 1. The first kappa shape index (κ1) is 18.9. The number of guanidine groups is 1. The smallest absolute Gasteiger partial charge is 0.188 e.